The summed E-state index contributed by atoms with van der Waals surface area (Å²) >= 11 is 0. The predicted molar refractivity (Wildman–Crippen MR) is 83.7 cm³/mol. The van der Waals surface area contributed by atoms with Crippen molar-refractivity contribution in [3.63, 3.8) is 0 Å². The van der Waals surface area contributed by atoms with Gasteiger partial charge in [0.05, 0.1) is 0 Å². The summed E-state index contributed by atoms with van der Waals surface area (Å²) in [5.41, 5.74) is 8.64. The molecule has 2 N–H and O–H groups in total. The van der Waals surface area contributed by atoms with Crippen molar-refractivity contribution in [3.05, 3.63) is 59.7 Å². The van der Waals surface area contributed by atoms with Gasteiger partial charge in [0.2, 0.25) is 0 Å². The third-order valence-electron chi connectivity index (χ3n) is 4.11. The molecule has 2 aromatic carbocycles. The Balaban J connectivity index is 1.91. The first-order valence-electron chi connectivity index (χ1n) is 7.44. The average molecular weight is 283 g/mol. The zero-order chi connectivity index (χ0) is 14.7. The fourth-order valence-electron chi connectivity index (χ4n) is 2.74. The number of hydrogen-bond acceptors (Lipinski definition) is 3. The standard InChI is InChI=1S/C18H21NO2/c1-2-18(19,13-14-6-4-3-5-7-14)15-8-9-16-17(12-15)21-11-10-20-16/h3-9,12H,2,10-11,13,19H2,1H3. The maximum atomic E-state index is 6.69. The van der Waals surface area contributed by atoms with Crippen LogP contribution in [-0.4, -0.2) is 13.2 Å². The Morgan fingerprint density at radius 3 is 2.43 bits per heavy atom. The smallest absolute Gasteiger partial charge is 0.161 e. The molecule has 2 aromatic rings. The molecular formula is C18H21NO2. The minimum absolute atomic E-state index is 0.392. The van der Waals surface area contributed by atoms with E-state index in [1.807, 2.05) is 18.2 Å². The number of nitrogens with two attached hydrogens (primary N) is 1. The topological polar surface area (TPSA) is 44.5 Å². The fourth-order valence-corrected chi connectivity index (χ4v) is 2.74. The maximum absolute atomic E-state index is 6.69. The first-order valence-corrected chi connectivity index (χ1v) is 7.44. The van der Waals surface area contributed by atoms with E-state index < -0.39 is 5.54 Å². The molecule has 0 bridgehead atoms. The summed E-state index contributed by atoms with van der Waals surface area (Å²) in [6.07, 6.45) is 1.67. The minimum Gasteiger partial charge on any atom is -0.486 e. The molecule has 1 aliphatic heterocycles. The molecule has 1 atom stereocenters. The Morgan fingerprint density at radius 2 is 1.71 bits per heavy atom. The van der Waals surface area contributed by atoms with Crippen LogP contribution in [0.2, 0.25) is 0 Å². The van der Waals surface area contributed by atoms with Gasteiger partial charge in [0, 0.05) is 5.54 Å². The first kappa shape index (κ1) is 14.0. The summed E-state index contributed by atoms with van der Waals surface area (Å²) in [5, 5.41) is 0. The van der Waals surface area contributed by atoms with Crippen molar-refractivity contribution in [1.82, 2.24) is 0 Å². The lowest BCUT2D eigenvalue weighted by molar-refractivity contribution is 0.171. The van der Waals surface area contributed by atoms with Crippen molar-refractivity contribution in [1.29, 1.82) is 0 Å². The van der Waals surface area contributed by atoms with Gasteiger partial charge in [-0.15, -0.1) is 0 Å². The number of ether oxygens (including phenoxy) is 2. The molecule has 0 spiro atoms. The highest BCUT2D eigenvalue weighted by atomic mass is 16.6. The highest BCUT2D eigenvalue weighted by Crippen LogP contribution is 2.36. The third-order valence-corrected chi connectivity index (χ3v) is 4.11. The zero-order valence-corrected chi connectivity index (χ0v) is 12.3. The summed E-state index contributed by atoms with van der Waals surface area (Å²) in [7, 11) is 0. The Morgan fingerprint density at radius 1 is 1.00 bits per heavy atom. The Kier molecular flexibility index (Phi) is 3.84. The van der Waals surface area contributed by atoms with E-state index in [0.717, 1.165) is 29.9 Å². The van der Waals surface area contributed by atoms with E-state index in [2.05, 4.69) is 37.3 Å². The molecule has 110 valence electrons. The quantitative estimate of drug-likeness (QED) is 0.936. The highest BCUT2D eigenvalue weighted by Gasteiger charge is 2.27. The molecule has 1 unspecified atom stereocenters. The first-order chi connectivity index (χ1) is 10.2. The molecule has 0 fully saturated rings. The second-order valence-corrected chi connectivity index (χ2v) is 5.53. The monoisotopic (exact) mass is 283 g/mol. The molecule has 3 heteroatoms. The lowest BCUT2D eigenvalue weighted by atomic mass is 9.82. The summed E-state index contributed by atoms with van der Waals surface area (Å²) in [6, 6.07) is 16.4. The highest BCUT2D eigenvalue weighted by molar-refractivity contribution is 5.46. The summed E-state index contributed by atoms with van der Waals surface area (Å²) in [4.78, 5) is 0. The Labute approximate surface area is 125 Å². The number of rotatable bonds is 4. The van der Waals surface area contributed by atoms with Gasteiger partial charge in [0.25, 0.3) is 0 Å². The minimum atomic E-state index is -0.392. The molecule has 0 aliphatic carbocycles. The lowest BCUT2D eigenvalue weighted by Crippen LogP contribution is -2.38. The summed E-state index contributed by atoms with van der Waals surface area (Å²) in [6.45, 7) is 3.33. The second kappa shape index (κ2) is 5.78. The van der Waals surface area contributed by atoms with Crippen LogP contribution < -0.4 is 15.2 Å². The third kappa shape index (κ3) is 2.88. The van der Waals surface area contributed by atoms with Gasteiger partial charge < -0.3 is 15.2 Å². The van der Waals surface area contributed by atoms with Crippen LogP contribution in [0.1, 0.15) is 24.5 Å². The number of fused-ring (bicyclic) bond motifs is 1. The van der Waals surface area contributed by atoms with Gasteiger partial charge in [0.1, 0.15) is 13.2 Å². The van der Waals surface area contributed by atoms with Gasteiger partial charge in [-0.2, -0.15) is 0 Å². The number of benzene rings is 2. The molecular weight excluding hydrogens is 262 g/mol. The molecule has 3 rings (SSSR count). The van der Waals surface area contributed by atoms with Crippen molar-refractivity contribution < 1.29 is 9.47 Å². The normalized spacial score (nSPS) is 16.3. The molecule has 3 nitrogen and oxygen atoms in total. The molecule has 1 heterocycles. The Bertz CT molecular complexity index is 612. The van der Waals surface area contributed by atoms with Crippen LogP contribution in [0, 0.1) is 0 Å². The lowest BCUT2D eigenvalue weighted by Gasteiger charge is -2.30. The van der Waals surface area contributed by atoms with Crippen LogP contribution >= 0.6 is 0 Å². The van der Waals surface area contributed by atoms with E-state index in [-0.39, 0.29) is 0 Å². The SMILES string of the molecule is CCC(N)(Cc1ccccc1)c1ccc2c(c1)OCCO2. The van der Waals surface area contributed by atoms with Gasteiger partial charge in [-0.1, -0.05) is 43.3 Å². The van der Waals surface area contributed by atoms with E-state index in [0.29, 0.717) is 13.2 Å². The molecule has 0 saturated carbocycles. The largest absolute Gasteiger partial charge is 0.486 e. The summed E-state index contributed by atoms with van der Waals surface area (Å²) < 4.78 is 11.3. The van der Waals surface area contributed by atoms with Crippen LogP contribution in [0.3, 0.4) is 0 Å². The second-order valence-electron chi connectivity index (χ2n) is 5.53. The van der Waals surface area contributed by atoms with Gasteiger partial charge in [0.15, 0.2) is 11.5 Å². The van der Waals surface area contributed by atoms with Gasteiger partial charge in [-0.3, -0.25) is 0 Å². The van der Waals surface area contributed by atoms with Gasteiger partial charge in [-0.05, 0) is 36.1 Å². The van der Waals surface area contributed by atoms with Crippen LogP contribution in [0.15, 0.2) is 48.5 Å². The number of hydrogen-bond donors (Lipinski definition) is 1. The maximum Gasteiger partial charge on any atom is 0.161 e. The molecule has 0 radical (unpaired) electrons. The van der Waals surface area contributed by atoms with Crippen LogP contribution in [-0.2, 0) is 12.0 Å². The van der Waals surface area contributed by atoms with Crippen molar-refractivity contribution in [3.8, 4) is 11.5 Å². The predicted octanol–water partition coefficient (Wildman–Crippen LogP) is 3.26. The van der Waals surface area contributed by atoms with E-state index >= 15 is 0 Å². The molecule has 1 aliphatic rings. The average Bonchev–Trinajstić information content (AvgIpc) is 2.55. The molecule has 0 saturated heterocycles. The summed E-state index contributed by atoms with van der Waals surface area (Å²) in [5.74, 6) is 1.61. The van der Waals surface area contributed by atoms with Gasteiger partial charge >= 0.3 is 0 Å². The van der Waals surface area contributed by atoms with E-state index in [9.17, 15) is 0 Å². The van der Waals surface area contributed by atoms with Crippen LogP contribution in [0.5, 0.6) is 11.5 Å². The fraction of sp³-hybridized carbons (Fsp3) is 0.333. The Hall–Kier alpha value is -2.00. The van der Waals surface area contributed by atoms with Crippen molar-refractivity contribution >= 4 is 0 Å². The zero-order valence-electron chi connectivity index (χ0n) is 12.3. The van der Waals surface area contributed by atoms with Crippen molar-refractivity contribution in [2.75, 3.05) is 13.2 Å². The van der Waals surface area contributed by atoms with Crippen molar-refractivity contribution in [2.24, 2.45) is 5.73 Å². The molecule has 21 heavy (non-hydrogen) atoms. The van der Waals surface area contributed by atoms with E-state index in [4.69, 9.17) is 15.2 Å². The van der Waals surface area contributed by atoms with E-state index in [1.165, 1.54) is 5.56 Å². The van der Waals surface area contributed by atoms with E-state index in [1.54, 1.807) is 0 Å². The van der Waals surface area contributed by atoms with Gasteiger partial charge in [-0.25, -0.2) is 0 Å². The van der Waals surface area contributed by atoms with Crippen molar-refractivity contribution in [2.45, 2.75) is 25.3 Å². The molecule has 0 amide bonds. The van der Waals surface area contributed by atoms with Crippen LogP contribution in [0.4, 0.5) is 0 Å². The van der Waals surface area contributed by atoms with Crippen LogP contribution in [0.25, 0.3) is 0 Å². The molecule has 0 aromatic heterocycles.